The lowest BCUT2D eigenvalue weighted by molar-refractivity contribution is 0.0680. The SMILES string of the molecule is CCCCCCCCCCCCCCCCCCCCCCC[C@@H](O)C[C@@H](O)CCCCCC. The second-order valence-electron chi connectivity index (χ2n) is 11.3. The van der Waals surface area contributed by atoms with E-state index in [1.807, 2.05) is 0 Å². The van der Waals surface area contributed by atoms with E-state index in [4.69, 9.17) is 0 Å². The lowest BCUT2D eigenvalue weighted by atomic mass is 10.00. The molecule has 0 aliphatic carbocycles. The molecule has 0 spiro atoms. The van der Waals surface area contributed by atoms with Crippen molar-refractivity contribution < 1.29 is 10.2 Å². The highest BCUT2D eigenvalue weighted by molar-refractivity contribution is 4.64. The maximum atomic E-state index is 10.1. The Morgan fingerprint density at radius 3 is 0.794 bits per heavy atom. The van der Waals surface area contributed by atoms with Gasteiger partial charge in [-0.05, 0) is 19.3 Å². The molecule has 34 heavy (non-hydrogen) atoms. The van der Waals surface area contributed by atoms with Crippen LogP contribution >= 0.6 is 0 Å². The molecule has 0 aliphatic rings. The van der Waals surface area contributed by atoms with E-state index in [1.54, 1.807) is 0 Å². The lowest BCUT2D eigenvalue weighted by Crippen LogP contribution is -2.17. The maximum Gasteiger partial charge on any atom is 0.0564 e. The van der Waals surface area contributed by atoms with E-state index in [1.165, 1.54) is 148 Å². The third-order valence-corrected chi connectivity index (χ3v) is 7.58. The molecule has 0 aromatic rings. The van der Waals surface area contributed by atoms with E-state index in [2.05, 4.69) is 13.8 Å². The summed E-state index contributed by atoms with van der Waals surface area (Å²) in [7, 11) is 0. The summed E-state index contributed by atoms with van der Waals surface area (Å²) in [5, 5.41) is 20.2. The zero-order valence-electron chi connectivity index (χ0n) is 23.8. The number of rotatable bonds is 29. The summed E-state index contributed by atoms with van der Waals surface area (Å²) < 4.78 is 0. The molecule has 0 fully saturated rings. The molecule has 0 unspecified atom stereocenters. The molecule has 0 aromatic carbocycles. The average Bonchev–Trinajstić information content (AvgIpc) is 2.82. The Bertz CT molecular complexity index is 357. The van der Waals surface area contributed by atoms with Crippen molar-refractivity contribution in [1.29, 1.82) is 0 Å². The van der Waals surface area contributed by atoms with Crippen molar-refractivity contribution in [3.63, 3.8) is 0 Å². The van der Waals surface area contributed by atoms with Crippen molar-refractivity contribution in [2.75, 3.05) is 0 Å². The average molecular weight is 483 g/mol. The molecule has 0 aliphatic heterocycles. The predicted molar refractivity (Wildman–Crippen MR) is 153 cm³/mol. The summed E-state index contributed by atoms with van der Waals surface area (Å²) in [5.74, 6) is 0. The standard InChI is InChI=1S/C32H66O2/c1-3-5-7-9-10-11-12-13-14-15-16-17-18-19-20-21-22-23-24-25-27-29-32(34)30-31(33)28-26-8-6-4-2/h31-34H,3-30H2,1-2H3/t31-,32+/m0/s1. The molecule has 0 bridgehead atoms. The molecular formula is C32H66O2. The topological polar surface area (TPSA) is 40.5 Å². The van der Waals surface area contributed by atoms with Crippen LogP contribution in [0.5, 0.6) is 0 Å². The van der Waals surface area contributed by atoms with Crippen molar-refractivity contribution in [3.05, 3.63) is 0 Å². The van der Waals surface area contributed by atoms with Gasteiger partial charge in [-0.25, -0.2) is 0 Å². The highest BCUT2D eigenvalue weighted by Gasteiger charge is 2.11. The zero-order valence-corrected chi connectivity index (χ0v) is 23.8. The van der Waals surface area contributed by atoms with Crippen LogP contribution in [0.1, 0.15) is 194 Å². The fraction of sp³-hybridized carbons (Fsp3) is 1.00. The first kappa shape index (κ1) is 33.9. The van der Waals surface area contributed by atoms with Gasteiger partial charge in [0.15, 0.2) is 0 Å². The quantitative estimate of drug-likeness (QED) is 0.104. The first-order chi connectivity index (χ1) is 16.7. The van der Waals surface area contributed by atoms with E-state index < -0.39 is 0 Å². The molecule has 2 nitrogen and oxygen atoms in total. The Balaban J connectivity index is 3.17. The zero-order chi connectivity index (χ0) is 25.0. The van der Waals surface area contributed by atoms with Crippen molar-refractivity contribution in [1.82, 2.24) is 0 Å². The predicted octanol–water partition coefficient (Wildman–Crippen LogP) is 10.7. The fourth-order valence-corrected chi connectivity index (χ4v) is 5.17. The van der Waals surface area contributed by atoms with Crippen LogP contribution in [0.25, 0.3) is 0 Å². The smallest absolute Gasteiger partial charge is 0.0564 e. The molecular weight excluding hydrogens is 416 g/mol. The highest BCUT2D eigenvalue weighted by atomic mass is 16.3. The van der Waals surface area contributed by atoms with Gasteiger partial charge in [-0.15, -0.1) is 0 Å². The van der Waals surface area contributed by atoms with Gasteiger partial charge in [-0.2, -0.15) is 0 Å². The van der Waals surface area contributed by atoms with Crippen molar-refractivity contribution in [2.45, 2.75) is 206 Å². The minimum Gasteiger partial charge on any atom is -0.393 e. The molecule has 0 aromatic heterocycles. The van der Waals surface area contributed by atoms with Gasteiger partial charge in [0.1, 0.15) is 0 Å². The van der Waals surface area contributed by atoms with E-state index >= 15 is 0 Å². The number of aliphatic hydroxyl groups excluding tert-OH is 2. The minimum absolute atomic E-state index is 0.304. The van der Waals surface area contributed by atoms with Gasteiger partial charge in [0.2, 0.25) is 0 Å². The summed E-state index contributed by atoms with van der Waals surface area (Å²) >= 11 is 0. The van der Waals surface area contributed by atoms with Crippen LogP contribution in [-0.2, 0) is 0 Å². The highest BCUT2D eigenvalue weighted by Crippen LogP contribution is 2.17. The second kappa shape index (κ2) is 29.2. The van der Waals surface area contributed by atoms with Crippen molar-refractivity contribution in [3.8, 4) is 0 Å². The molecule has 0 rings (SSSR count). The molecule has 2 N–H and O–H groups in total. The van der Waals surface area contributed by atoms with Gasteiger partial charge in [-0.1, -0.05) is 174 Å². The van der Waals surface area contributed by atoms with Crippen LogP contribution in [0.4, 0.5) is 0 Å². The summed E-state index contributed by atoms with van der Waals surface area (Å²) in [6.45, 7) is 4.50. The monoisotopic (exact) mass is 483 g/mol. The van der Waals surface area contributed by atoms with Crippen molar-refractivity contribution >= 4 is 0 Å². The number of aliphatic hydroxyl groups is 2. The normalized spacial score (nSPS) is 13.4. The Hall–Kier alpha value is -0.0800. The van der Waals surface area contributed by atoms with Crippen LogP contribution in [0.3, 0.4) is 0 Å². The molecule has 2 atom stereocenters. The minimum atomic E-state index is -0.304. The van der Waals surface area contributed by atoms with Crippen LogP contribution in [-0.4, -0.2) is 22.4 Å². The lowest BCUT2D eigenvalue weighted by Gasteiger charge is -2.15. The Morgan fingerprint density at radius 1 is 0.324 bits per heavy atom. The van der Waals surface area contributed by atoms with Crippen LogP contribution in [0, 0.1) is 0 Å². The Kier molecular flexibility index (Phi) is 29.1. The van der Waals surface area contributed by atoms with Gasteiger partial charge in [-0.3, -0.25) is 0 Å². The van der Waals surface area contributed by atoms with E-state index in [-0.39, 0.29) is 12.2 Å². The molecule has 206 valence electrons. The summed E-state index contributed by atoms with van der Waals surface area (Å²) in [6.07, 6.45) is 36.0. The number of hydrogen-bond donors (Lipinski definition) is 2. The Labute approximate surface area is 216 Å². The largest absolute Gasteiger partial charge is 0.393 e. The van der Waals surface area contributed by atoms with E-state index in [0.29, 0.717) is 6.42 Å². The summed E-state index contributed by atoms with van der Waals surface area (Å²) in [6, 6.07) is 0. The summed E-state index contributed by atoms with van der Waals surface area (Å²) in [4.78, 5) is 0. The van der Waals surface area contributed by atoms with E-state index in [9.17, 15) is 10.2 Å². The van der Waals surface area contributed by atoms with Crippen LogP contribution < -0.4 is 0 Å². The summed E-state index contributed by atoms with van der Waals surface area (Å²) in [5.41, 5.74) is 0. The van der Waals surface area contributed by atoms with Gasteiger partial charge in [0.05, 0.1) is 12.2 Å². The van der Waals surface area contributed by atoms with E-state index in [0.717, 1.165) is 25.7 Å². The van der Waals surface area contributed by atoms with Gasteiger partial charge >= 0.3 is 0 Å². The first-order valence-electron chi connectivity index (χ1n) is 16.1. The third kappa shape index (κ3) is 28.2. The Morgan fingerprint density at radius 2 is 0.529 bits per heavy atom. The molecule has 0 saturated heterocycles. The van der Waals surface area contributed by atoms with Crippen LogP contribution in [0.15, 0.2) is 0 Å². The van der Waals surface area contributed by atoms with Gasteiger partial charge in [0, 0.05) is 0 Å². The molecule has 0 amide bonds. The molecule has 0 saturated carbocycles. The van der Waals surface area contributed by atoms with Gasteiger partial charge < -0.3 is 10.2 Å². The fourth-order valence-electron chi connectivity index (χ4n) is 5.17. The molecule has 2 heteroatoms. The maximum absolute atomic E-state index is 10.1. The third-order valence-electron chi connectivity index (χ3n) is 7.58. The first-order valence-corrected chi connectivity index (χ1v) is 16.1. The van der Waals surface area contributed by atoms with Gasteiger partial charge in [0.25, 0.3) is 0 Å². The number of unbranched alkanes of at least 4 members (excludes halogenated alkanes) is 23. The van der Waals surface area contributed by atoms with Crippen LogP contribution in [0.2, 0.25) is 0 Å². The molecule has 0 radical (unpaired) electrons. The number of hydrogen-bond acceptors (Lipinski definition) is 2. The molecule has 0 heterocycles. The second-order valence-corrected chi connectivity index (χ2v) is 11.3. The van der Waals surface area contributed by atoms with Crippen molar-refractivity contribution in [2.24, 2.45) is 0 Å².